The van der Waals surface area contributed by atoms with Crippen LogP contribution in [0.2, 0.25) is 0 Å². The maximum absolute atomic E-state index is 13.0. The van der Waals surface area contributed by atoms with Gasteiger partial charge in [-0.25, -0.2) is 0 Å². The number of nitrogens with zero attached hydrogens (tertiary/aromatic N) is 1. The molecule has 0 atom stereocenters. The second-order valence-electron chi connectivity index (χ2n) is 6.66. The lowest BCUT2D eigenvalue weighted by atomic mass is 10.0. The van der Waals surface area contributed by atoms with E-state index in [9.17, 15) is 4.79 Å². The number of para-hydroxylation sites is 1. The van der Waals surface area contributed by atoms with Crippen molar-refractivity contribution >= 4 is 11.6 Å². The first-order valence-electron chi connectivity index (χ1n) is 8.16. The fraction of sp³-hybridized carbons (Fsp3) is 0.611. The Balaban J connectivity index is 2.22. The molecule has 0 aliphatic heterocycles. The summed E-state index contributed by atoms with van der Waals surface area (Å²) in [6, 6.07) is 6.15. The van der Waals surface area contributed by atoms with Gasteiger partial charge < -0.3 is 10.6 Å². The Morgan fingerprint density at radius 3 is 2.62 bits per heavy atom. The zero-order chi connectivity index (χ0) is 15.4. The van der Waals surface area contributed by atoms with Crippen LogP contribution in [0.1, 0.15) is 61.9 Å². The van der Waals surface area contributed by atoms with Crippen LogP contribution >= 0.6 is 0 Å². The molecule has 1 aliphatic rings. The van der Waals surface area contributed by atoms with Crippen LogP contribution < -0.4 is 5.73 Å². The quantitative estimate of drug-likeness (QED) is 0.832. The minimum absolute atomic E-state index is 0.115. The summed E-state index contributed by atoms with van der Waals surface area (Å²) < 4.78 is 0. The van der Waals surface area contributed by atoms with Crippen LogP contribution in [0.15, 0.2) is 18.2 Å². The lowest BCUT2D eigenvalue weighted by Crippen LogP contribution is -2.40. The van der Waals surface area contributed by atoms with Gasteiger partial charge in [0, 0.05) is 18.3 Å². The smallest absolute Gasteiger partial charge is 0.256 e. The average Bonchev–Trinajstić information content (AvgIpc) is 2.95. The van der Waals surface area contributed by atoms with Gasteiger partial charge in [0.25, 0.3) is 5.91 Å². The Kier molecular flexibility index (Phi) is 5.27. The second-order valence-corrected chi connectivity index (χ2v) is 6.66. The topological polar surface area (TPSA) is 46.3 Å². The number of aryl methyl sites for hydroxylation is 1. The zero-order valence-electron chi connectivity index (χ0n) is 13.6. The number of anilines is 1. The van der Waals surface area contributed by atoms with Crippen molar-refractivity contribution in [2.24, 2.45) is 5.92 Å². The molecule has 1 fully saturated rings. The first kappa shape index (κ1) is 15.9. The van der Waals surface area contributed by atoms with E-state index in [-0.39, 0.29) is 5.91 Å². The van der Waals surface area contributed by atoms with Gasteiger partial charge in [0.15, 0.2) is 0 Å². The lowest BCUT2D eigenvalue weighted by molar-refractivity contribution is 0.0673. The molecule has 2 N–H and O–H groups in total. The van der Waals surface area contributed by atoms with E-state index in [4.69, 9.17) is 5.73 Å². The van der Waals surface area contributed by atoms with E-state index in [0.29, 0.717) is 23.2 Å². The molecule has 0 aromatic heterocycles. The van der Waals surface area contributed by atoms with E-state index >= 15 is 0 Å². The van der Waals surface area contributed by atoms with Crippen LogP contribution in [0, 0.1) is 12.8 Å². The summed E-state index contributed by atoms with van der Waals surface area (Å²) in [5.74, 6) is 0.723. The fourth-order valence-electron chi connectivity index (χ4n) is 3.09. The van der Waals surface area contributed by atoms with Crippen molar-refractivity contribution in [3.63, 3.8) is 0 Å². The van der Waals surface area contributed by atoms with E-state index < -0.39 is 0 Å². The summed E-state index contributed by atoms with van der Waals surface area (Å²) in [6.45, 7) is 7.21. The van der Waals surface area contributed by atoms with Crippen LogP contribution in [-0.2, 0) is 0 Å². The summed E-state index contributed by atoms with van der Waals surface area (Å²) in [5, 5.41) is 0. The zero-order valence-corrected chi connectivity index (χ0v) is 13.6. The van der Waals surface area contributed by atoms with Crippen LogP contribution in [-0.4, -0.2) is 23.4 Å². The summed E-state index contributed by atoms with van der Waals surface area (Å²) in [5.41, 5.74) is 8.42. The molecule has 0 heterocycles. The van der Waals surface area contributed by atoms with Gasteiger partial charge in [-0.3, -0.25) is 4.79 Å². The minimum atomic E-state index is 0.115. The molecule has 1 amide bonds. The third kappa shape index (κ3) is 3.78. The molecule has 0 bridgehead atoms. The summed E-state index contributed by atoms with van der Waals surface area (Å²) >= 11 is 0. The molecular formula is C18H28N2O. The van der Waals surface area contributed by atoms with Crippen LogP contribution in [0.3, 0.4) is 0 Å². The van der Waals surface area contributed by atoms with Crippen molar-refractivity contribution in [2.45, 2.75) is 58.9 Å². The number of carbonyl (C=O) groups is 1. The third-order valence-electron chi connectivity index (χ3n) is 4.53. The number of nitrogens with two attached hydrogens (primary N) is 1. The molecule has 2 rings (SSSR count). The van der Waals surface area contributed by atoms with Gasteiger partial charge in [0.2, 0.25) is 0 Å². The SMILES string of the molecule is Cc1cccc(C(=O)N(CCC(C)C)C2CCCC2)c1N. The molecule has 3 heteroatoms. The number of hydrogen-bond acceptors (Lipinski definition) is 2. The normalized spacial score (nSPS) is 15.6. The van der Waals surface area contributed by atoms with Crippen molar-refractivity contribution in [1.82, 2.24) is 4.90 Å². The Hall–Kier alpha value is -1.51. The maximum Gasteiger partial charge on any atom is 0.256 e. The number of benzene rings is 1. The van der Waals surface area contributed by atoms with Crippen molar-refractivity contribution < 1.29 is 4.79 Å². The van der Waals surface area contributed by atoms with Crippen LogP contribution in [0.4, 0.5) is 5.69 Å². The van der Waals surface area contributed by atoms with E-state index in [1.54, 1.807) is 0 Å². The number of amides is 1. The van der Waals surface area contributed by atoms with Gasteiger partial charge in [-0.15, -0.1) is 0 Å². The standard InChI is InChI=1S/C18H28N2O/c1-13(2)11-12-20(15-8-4-5-9-15)18(21)16-10-6-7-14(3)17(16)19/h6-7,10,13,15H,4-5,8-9,11-12,19H2,1-3H3. The van der Waals surface area contributed by atoms with Crippen LogP contribution in [0.5, 0.6) is 0 Å². The molecule has 1 saturated carbocycles. The predicted octanol–water partition coefficient (Wildman–Crippen LogP) is 4.01. The highest BCUT2D eigenvalue weighted by Gasteiger charge is 2.28. The Morgan fingerprint density at radius 2 is 2.00 bits per heavy atom. The monoisotopic (exact) mass is 288 g/mol. The van der Waals surface area contributed by atoms with Gasteiger partial charge in [0.1, 0.15) is 0 Å². The number of nitrogen functional groups attached to an aromatic ring is 1. The largest absolute Gasteiger partial charge is 0.398 e. The lowest BCUT2D eigenvalue weighted by Gasteiger charge is -2.30. The van der Waals surface area contributed by atoms with Crippen LogP contribution in [0.25, 0.3) is 0 Å². The molecular weight excluding hydrogens is 260 g/mol. The van der Waals surface area contributed by atoms with Crippen molar-refractivity contribution in [1.29, 1.82) is 0 Å². The highest BCUT2D eigenvalue weighted by atomic mass is 16.2. The maximum atomic E-state index is 13.0. The Morgan fingerprint density at radius 1 is 1.33 bits per heavy atom. The predicted molar refractivity (Wildman–Crippen MR) is 88.3 cm³/mol. The van der Waals surface area contributed by atoms with E-state index in [1.165, 1.54) is 12.8 Å². The van der Waals surface area contributed by atoms with E-state index in [0.717, 1.165) is 31.4 Å². The molecule has 1 aromatic carbocycles. The highest BCUT2D eigenvalue weighted by Crippen LogP contribution is 2.27. The number of rotatable bonds is 5. The molecule has 0 saturated heterocycles. The number of carbonyl (C=O) groups excluding carboxylic acids is 1. The molecule has 0 radical (unpaired) electrons. The molecule has 1 aliphatic carbocycles. The molecule has 0 spiro atoms. The third-order valence-corrected chi connectivity index (χ3v) is 4.53. The Bertz CT molecular complexity index is 490. The Labute approximate surface area is 128 Å². The molecule has 0 unspecified atom stereocenters. The van der Waals surface area contributed by atoms with Crippen molar-refractivity contribution in [3.05, 3.63) is 29.3 Å². The number of hydrogen-bond donors (Lipinski definition) is 1. The summed E-state index contributed by atoms with van der Waals surface area (Å²) in [6.07, 6.45) is 5.79. The molecule has 21 heavy (non-hydrogen) atoms. The summed E-state index contributed by atoms with van der Waals surface area (Å²) in [7, 11) is 0. The fourth-order valence-corrected chi connectivity index (χ4v) is 3.09. The van der Waals surface area contributed by atoms with E-state index in [1.807, 2.05) is 25.1 Å². The first-order chi connectivity index (χ1) is 10.0. The van der Waals surface area contributed by atoms with Gasteiger partial charge in [0.05, 0.1) is 5.56 Å². The molecule has 1 aromatic rings. The first-order valence-corrected chi connectivity index (χ1v) is 8.16. The van der Waals surface area contributed by atoms with E-state index in [2.05, 4.69) is 18.7 Å². The van der Waals surface area contributed by atoms with Gasteiger partial charge in [-0.2, -0.15) is 0 Å². The second kappa shape index (κ2) is 6.97. The highest BCUT2D eigenvalue weighted by molar-refractivity contribution is 5.99. The summed E-state index contributed by atoms with van der Waals surface area (Å²) in [4.78, 5) is 15.0. The molecule has 116 valence electrons. The van der Waals surface area contributed by atoms with Gasteiger partial charge in [-0.1, -0.05) is 38.8 Å². The van der Waals surface area contributed by atoms with Gasteiger partial charge in [-0.05, 0) is 43.7 Å². The van der Waals surface area contributed by atoms with Crippen molar-refractivity contribution in [2.75, 3.05) is 12.3 Å². The van der Waals surface area contributed by atoms with Crippen molar-refractivity contribution in [3.8, 4) is 0 Å². The molecule has 3 nitrogen and oxygen atoms in total. The minimum Gasteiger partial charge on any atom is -0.398 e. The average molecular weight is 288 g/mol. The van der Waals surface area contributed by atoms with Gasteiger partial charge >= 0.3 is 0 Å².